The number of esters is 1. The predicted octanol–water partition coefficient (Wildman–Crippen LogP) is 5.41. The third-order valence-electron chi connectivity index (χ3n) is 6.22. The lowest BCUT2D eigenvalue weighted by molar-refractivity contribution is -0.132. The molecule has 0 saturated carbocycles. The molecule has 1 unspecified atom stereocenters. The van der Waals surface area contributed by atoms with Crippen LogP contribution < -0.4 is 4.90 Å². The van der Waals surface area contributed by atoms with E-state index in [2.05, 4.69) is 0 Å². The van der Waals surface area contributed by atoms with E-state index >= 15 is 0 Å². The summed E-state index contributed by atoms with van der Waals surface area (Å²) in [6.45, 7) is 7.73. The fourth-order valence-corrected chi connectivity index (χ4v) is 4.30. The van der Waals surface area contributed by atoms with Gasteiger partial charge in [0.2, 0.25) is 0 Å². The van der Waals surface area contributed by atoms with Gasteiger partial charge < -0.3 is 9.84 Å². The molecule has 1 saturated heterocycles. The van der Waals surface area contributed by atoms with Gasteiger partial charge in [0.15, 0.2) is 0 Å². The van der Waals surface area contributed by atoms with Crippen molar-refractivity contribution in [2.45, 2.75) is 33.7 Å². The highest BCUT2D eigenvalue weighted by atomic mass is 16.5. The van der Waals surface area contributed by atoms with Gasteiger partial charge in [0.25, 0.3) is 11.7 Å². The van der Waals surface area contributed by atoms with Gasteiger partial charge in [-0.05, 0) is 68.7 Å². The summed E-state index contributed by atoms with van der Waals surface area (Å²) < 4.78 is 5.10. The number of ether oxygens (including phenoxy) is 1. The highest BCUT2D eigenvalue weighted by Gasteiger charge is 2.47. The molecule has 0 aliphatic carbocycles. The average molecular weight is 470 g/mol. The second kappa shape index (κ2) is 9.58. The molecule has 1 heterocycles. The first-order chi connectivity index (χ1) is 16.7. The number of ketones is 1. The zero-order chi connectivity index (χ0) is 25.3. The lowest BCUT2D eigenvalue weighted by Crippen LogP contribution is -2.29. The Morgan fingerprint density at radius 1 is 0.914 bits per heavy atom. The van der Waals surface area contributed by atoms with E-state index in [1.54, 1.807) is 37.3 Å². The number of benzene rings is 3. The van der Waals surface area contributed by atoms with Crippen LogP contribution in [0.2, 0.25) is 0 Å². The molecule has 35 heavy (non-hydrogen) atoms. The SMILES string of the molecule is CCOC(=O)c1cccc(N2C(=O)C(=O)/C(=C(/O)c3ccc(C)c(C)c3)C2c2cccc(C)c2)c1. The largest absolute Gasteiger partial charge is 0.507 e. The maximum Gasteiger partial charge on any atom is 0.338 e. The number of anilines is 1. The molecule has 0 radical (unpaired) electrons. The van der Waals surface area contributed by atoms with Gasteiger partial charge in [-0.3, -0.25) is 14.5 Å². The fourth-order valence-electron chi connectivity index (χ4n) is 4.30. The molecule has 1 aliphatic rings. The maximum absolute atomic E-state index is 13.4. The van der Waals surface area contributed by atoms with E-state index in [-0.39, 0.29) is 23.5 Å². The van der Waals surface area contributed by atoms with Crippen molar-refractivity contribution in [3.8, 4) is 0 Å². The summed E-state index contributed by atoms with van der Waals surface area (Å²) in [6.07, 6.45) is 0. The number of carbonyl (C=O) groups is 3. The van der Waals surface area contributed by atoms with E-state index in [0.717, 1.165) is 16.7 Å². The van der Waals surface area contributed by atoms with Gasteiger partial charge in [-0.1, -0.05) is 48.0 Å². The topological polar surface area (TPSA) is 83.9 Å². The molecule has 0 aromatic heterocycles. The summed E-state index contributed by atoms with van der Waals surface area (Å²) in [5, 5.41) is 11.3. The minimum atomic E-state index is -0.867. The molecule has 0 spiro atoms. The first-order valence-electron chi connectivity index (χ1n) is 11.4. The van der Waals surface area contributed by atoms with Crippen LogP contribution in [-0.4, -0.2) is 29.4 Å². The van der Waals surface area contributed by atoms with Crippen molar-refractivity contribution in [3.05, 3.63) is 106 Å². The lowest BCUT2D eigenvalue weighted by Gasteiger charge is -2.26. The zero-order valence-electron chi connectivity index (χ0n) is 20.2. The molecular formula is C29H27NO5. The first-order valence-corrected chi connectivity index (χ1v) is 11.4. The Morgan fingerprint density at radius 2 is 1.66 bits per heavy atom. The molecule has 0 bridgehead atoms. The lowest BCUT2D eigenvalue weighted by atomic mass is 9.93. The fraction of sp³-hybridized carbons (Fsp3) is 0.207. The monoisotopic (exact) mass is 469 g/mol. The van der Waals surface area contributed by atoms with Crippen molar-refractivity contribution in [2.75, 3.05) is 11.5 Å². The van der Waals surface area contributed by atoms with Crippen molar-refractivity contribution >= 4 is 29.1 Å². The standard InChI is InChI=1S/C29H27NO5/c1-5-35-29(34)22-10-7-11-23(16-22)30-25(20-9-6-8-17(2)14-20)24(27(32)28(30)33)26(31)21-13-12-18(3)19(4)15-21/h6-16,25,31H,5H2,1-4H3/b26-24+. The molecule has 178 valence electrons. The number of hydrogen-bond acceptors (Lipinski definition) is 5. The smallest absolute Gasteiger partial charge is 0.338 e. The van der Waals surface area contributed by atoms with Gasteiger partial charge in [0.1, 0.15) is 5.76 Å². The molecule has 1 atom stereocenters. The van der Waals surface area contributed by atoms with Crippen molar-refractivity contribution < 1.29 is 24.2 Å². The molecule has 1 N–H and O–H groups in total. The van der Waals surface area contributed by atoms with E-state index in [0.29, 0.717) is 16.8 Å². The number of amides is 1. The third kappa shape index (κ3) is 4.47. The van der Waals surface area contributed by atoms with Gasteiger partial charge in [-0.2, -0.15) is 0 Å². The van der Waals surface area contributed by atoms with Gasteiger partial charge in [-0.15, -0.1) is 0 Å². The quantitative estimate of drug-likeness (QED) is 0.234. The number of hydrogen-bond donors (Lipinski definition) is 1. The van der Waals surface area contributed by atoms with Crippen LogP contribution in [0.5, 0.6) is 0 Å². The second-order valence-electron chi connectivity index (χ2n) is 8.65. The Morgan fingerprint density at radius 3 is 2.34 bits per heavy atom. The van der Waals surface area contributed by atoms with Crippen LogP contribution in [0.3, 0.4) is 0 Å². The van der Waals surface area contributed by atoms with E-state index in [1.807, 2.05) is 51.1 Å². The number of aliphatic hydroxyl groups is 1. The summed E-state index contributed by atoms with van der Waals surface area (Å²) in [7, 11) is 0. The van der Waals surface area contributed by atoms with Crippen LogP contribution in [0.15, 0.2) is 72.3 Å². The van der Waals surface area contributed by atoms with Gasteiger partial charge >= 0.3 is 5.97 Å². The molecule has 1 aliphatic heterocycles. The van der Waals surface area contributed by atoms with Crippen molar-refractivity contribution in [1.82, 2.24) is 0 Å². The molecule has 1 fully saturated rings. The molecule has 1 amide bonds. The van der Waals surface area contributed by atoms with Gasteiger partial charge in [-0.25, -0.2) is 4.79 Å². The van der Waals surface area contributed by atoms with Crippen LogP contribution in [0.25, 0.3) is 5.76 Å². The molecule has 6 nitrogen and oxygen atoms in total. The third-order valence-corrected chi connectivity index (χ3v) is 6.22. The van der Waals surface area contributed by atoms with Crippen LogP contribution in [0.4, 0.5) is 5.69 Å². The van der Waals surface area contributed by atoms with E-state index in [9.17, 15) is 19.5 Å². The number of rotatable bonds is 5. The maximum atomic E-state index is 13.4. The highest BCUT2D eigenvalue weighted by molar-refractivity contribution is 6.51. The van der Waals surface area contributed by atoms with Crippen molar-refractivity contribution in [3.63, 3.8) is 0 Å². The summed E-state index contributed by atoms with van der Waals surface area (Å²) in [5.74, 6) is -2.31. The van der Waals surface area contributed by atoms with Gasteiger partial charge in [0, 0.05) is 11.3 Å². The normalized spacial score (nSPS) is 17.0. The number of nitrogens with zero attached hydrogens (tertiary/aromatic N) is 1. The Labute approximate surface area is 204 Å². The summed E-state index contributed by atoms with van der Waals surface area (Å²) in [5.41, 5.74) is 4.72. The molecule has 3 aromatic rings. The van der Waals surface area contributed by atoms with Crippen molar-refractivity contribution in [2.24, 2.45) is 0 Å². The van der Waals surface area contributed by atoms with E-state index in [1.165, 1.54) is 11.0 Å². The minimum Gasteiger partial charge on any atom is -0.507 e. The molecule has 6 heteroatoms. The average Bonchev–Trinajstić information content (AvgIpc) is 3.11. The Bertz CT molecular complexity index is 1370. The van der Waals surface area contributed by atoms with E-state index in [4.69, 9.17) is 4.74 Å². The zero-order valence-corrected chi connectivity index (χ0v) is 20.2. The van der Waals surface area contributed by atoms with Crippen LogP contribution in [0, 0.1) is 20.8 Å². The molecular weight excluding hydrogens is 442 g/mol. The summed E-state index contributed by atoms with van der Waals surface area (Å²) in [4.78, 5) is 40.4. The van der Waals surface area contributed by atoms with Crippen LogP contribution >= 0.6 is 0 Å². The first kappa shape index (κ1) is 24.0. The predicted molar refractivity (Wildman–Crippen MR) is 134 cm³/mol. The molecule has 4 rings (SSSR count). The Balaban J connectivity index is 1.93. The summed E-state index contributed by atoms with van der Waals surface area (Å²) >= 11 is 0. The molecule has 3 aromatic carbocycles. The minimum absolute atomic E-state index is 0.00499. The van der Waals surface area contributed by atoms with Crippen LogP contribution in [0.1, 0.15) is 51.1 Å². The van der Waals surface area contributed by atoms with Crippen LogP contribution in [-0.2, 0) is 14.3 Å². The number of aryl methyl sites for hydroxylation is 3. The summed E-state index contributed by atoms with van der Waals surface area (Å²) in [6, 6.07) is 18.4. The number of aliphatic hydroxyl groups excluding tert-OH is 1. The van der Waals surface area contributed by atoms with Crippen molar-refractivity contribution in [1.29, 1.82) is 0 Å². The Kier molecular flexibility index (Phi) is 6.56. The Hall–Kier alpha value is -4.19. The van der Waals surface area contributed by atoms with Gasteiger partial charge in [0.05, 0.1) is 23.8 Å². The number of Topliss-reactive ketones (excluding diaryl/α,β-unsaturated/α-hetero) is 1. The number of carbonyl (C=O) groups excluding carboxylic acids is 3. The highest BCUT2D eigenvalue weighted by Crippen LogP contribution is 2.42. The second-order valence-corrected chi connectivity index (χ2v) is 8.65. The van der Waals surface area contributed by atoms with E-state index < -0.39 is 23.7 Å².